The molecule has 0 radical (unpaired) electrons. The van der Waals surface area contributed by atoms with E-state index >= 15 is 0 Å². The third-order valence-electron chi connectivity index (χ3n) is 3.98. The van der Waals surface area contributed by atoms with E-state index in [1.165, 1.54) is 5.56 Å². The Hall–Kier alpha value is -0.900. The zero-order valence-corrected chi connectivity index (χ0v) is 11.8. The van der Waals surface area contributed by atoms with E-state index < -0.39 is 0 Å². The normalized spacial score (nSPS) is 27.4. The lowest BCUT2D eigenvalue weighted by Crippen LogP contribution is -2.54. The number of aliphatic hydroxyl groups excluding tert-OH is 1. The van der Waals surface area contributed by atoms with Crippen molar-refractivity contribution in [2.24, 2.45) is 0 Å². The average molecular weight is 263 g/mol. The highest BCUT2D eigenvalue weighted by molar-refractivity contribution is 5.15. The molecule has 0 aromatic heterocycles. The van der Waals surface area contributed by atoms with Crippen LogP contribution < -0.4 is 5.32 Å². The molecular weight excluding hydrogens is 238 g/mol. The van der Waals surface area contributed by atoms with Gasteiger partial charge in [-0.15, -0.1) is 0 Å². The molecule has 2 rings (SSSR count). The van der Waals surface area contributed by atoms with Crippen molar-refractivity contribution in [1.29, 1.82) is 0 Å². The number of nitrogens with one attached hydrogen (secondary N) is 1. The summed E-state index contributed by atoms with van der Waals surface area (Å²) in [6.45, 7) is 3.91. The summed E-state index contributed by atoms with van der Waals surface area (Å²) < 4.78 is 5.78. The predicted octanol–water partition coefficient (Wildman–Crippen LogP) is 2.49. The summed E-state index contributed by atoms with van der Waals surface area (Å²) in [4.78, 5) is 0. The standard InChI is InChI=1S/C16H25NO2/c1-2-6-15-11-16(13-18,9-10-19-15)17-12-14-7-4-3-5-8-14/h3-5,7-8,15,17-18H,2,6,9-13H2,1H3. The van der Waals surface area contributed by atoms with Gasteiger partial charge in [0.25, 0.3) is 0 Å². The maximum absolute atomic E-state index is 9.79. The van der Waals surface area contributed by atoms with Crippen molar-refractivity contribution in [2.45, 2.75) is 50.8 Å². The molecule has 3 nitrogen and oxygen atoms in total. The molecule has 2 N–H and O–H groups in total. The number of rotatable bonds is 6. The number of ether oxygens (including phenoxy) is 1. The van der Waals surface area contributed by atoms with Gasteiger partial charge >= 0.3 is 0 Å². The molecular formula is C16H25NO2. The first kappa shape index (κ1) is 14.5. The van der Waals surface area contributed by atoms with Crippen molar-refractivity contribution in [1.82, 2.24) is 5.32 Å². The summed E-state index contributed by atoms with van der Waals surface area (Å²) in [7, 11) is 0. The molecule has 0 amide bonds. The topological polar surface area (TPSA) is 41.5 Å². The zero-order valence-electron chi connectivity index (χ0n) is 11.8. The first-order valence-corrected chi connectivity index (χ1v) is 7.29. The van der Waals surface area contributed by atoms with Crippen LogP contribution in [0.1, 0.15) is 38.2 Å². The molecule has 0 bridgehead atoms. The van der Waals surface area contributed by atoms with E-state index in [4.69, 9.17) is 4.74 Å². The Morgan fingerprint density at radius 3 is 2.84 bits per heavy atom. The van der Waals surface area contributed by atoms with Crippen molar-refractivity contribution in [3.8, 4) is 0 Å². The van der Waals surface area contributed by atoms with Gasteiger partial charge in [0.1, 0.15) is 0 Å². The van der Waals surface area contributed by atoms with Gasteiger partial charge < -0.3 is 15.2 Å². The van der Waals surface area contributed by atoms with Crippen LogP contribution in [0.5, 0.6) is 0 Å². The lowest BCUT2D eigenvalue weighted by atomic mass is 9.85. The molecule has 106 valence electrons. The Bertz CT molecular complexity index is 366. The molecule has 19 heavy (non-hydrogen) atoms. The molecule has 3 heteroatoms. The van der Waals surface area contributed by atoms with Crippen LogP contribution >= 0.6 is 0 Å². The first-order chi connectivity index (χ1) is 9.28. The van der Waals surface area contributed by atoms with Gasteiger partial charge in [0.2, 0.25) is 0 Å². The predicted molar refractivity (Wildman–Crippen MR) is 77.0 cm³/mol. The van der Waals surface area contributed by atoms with Gasteiger partial charge in [0.15, 0.2) is 0 Å². The summed E-state index contributed by atoms with van der Waals surface area (Å²) >= 11 is 0. The fourth-order valence-corrected chi connectivity index (χ4v) is 2.77. The molecule has 0 spiro atoms. The van der Waals surface area contributed by atoms with E-state index in [1.54, 1.807) is 0 Å². The van der Waals surface area contributed by atoms with E-state index in [9.17, 15) is 5.11 Å². The van der Waals surface area contributed by atoms with Crippen molar-refractivity contribution < 1.29 is 9.84 Å². The number of aliphatic hydroxyl groups is 1. The van der Waals surface area contributed by atoms with E-state index in [0.29, 0.717) is 0 Å². The van der Waals surface area contributed by atoms with Crippen LogP contribution in [0.2, 0.25) is 0 Å². The molecule has 1 fully saturated rings. The maximum Gasteiger partial charge on any atom is 0.0615 e. The van der Waals surface area contributed by atoms with Crippen LogP contribution in [0.25, 0.3) is 0 Å². The fraction of sp³-hybridized carbons (Fsp3) is 0.625. The van der Waals surface area contributed by atoms with Gasteiger partial charge in [0.05, 0.1) is 12.7 Å². The molecule has 2 unspecified atom stereocenters. The summed E-state index contributed by atoms with van der Waals surface area (Å²) in [6, 6.07) is 10.3. The van der Waals surface area contributed by atoms with Gasteiger partial charge in [-0.3, -0.25) is 0 Å². The largest absolute Gasteiger partial charge is 0.394 e. The number of hydrogen-bond donors (Lipinski definition) is 2. The molecule has 1 aliphatic heterocycles. The summed E-state index contributed by atoms with van der Waals surface area (Å²) in [5, 5.41) is 13.3. The fourth-order valence-electron chi connectivity index (χ4n) is 2.77. The quantitative estimate of drug-likeness (QED) is 0.828. The van der Waals surface area contributed by atoms with Crippen LogP contribution in [0, 0.1) is 0 Å². The summed E-state index contributed by atoms with van der Waals surface area (Å²) in [6.07, 6.45) is 4.29. The van der Waals surface area contributed by atoms with Crippen LogP contribution in [-0.2, 0) is 11.3 Å². The Kier molecular flexibility index (Phi) is 5.37. The van der Waals surface area contributed by atoms with Crippen molar-refractivity contribution in [3.63, 3.8) is 0 Å². The maximum atomic E-state index is 9.79. The highest BCUT2D eigenvalue weighted by Crippen LogP contribution is 2.27. The monoisotopic (exact) mass is 263 g/mol. The number of benzene rings is 1. The van der Waals surface area contributed by atoms with Gasteiger partial charge in [-0.25, -0.2) is 0 Å². The Balaban J connectivity index is 1.94. The molecule has 1 saturated heterocycles. The summed E-state index contributed by atoms with van der Waals surface area (Å²) in [5.74, 6) is 0. The van der Waals surface area contributed by atoms with Crippen LogP contribution in [-0.4, -0.2) is 30.0 Å². The van der Waals surface area contributed by atoms with Crippen molar-refractivity contribution in [2.75, 3.05) is 13.2 Å². The second-order valence-corrected chi connectivity index (χ2v) is 5.51. The zero-order chi connectivity index (χ0) is 13.6. The average Bonchev–Trinajstić information content (AvgIpc) is 2.47. The Morgan fingerprint density at radius 1 is 1.37 bits per heavy atom. The summed E-state index contributed by atoms with van der Waals surface area (Å²) in [5.41, 5.74) is 1.09. The van der Waals surface area contributed by atoms with Crippen LogP contribution in [0.4, 0.5) is 0 Å². The Labute approximate surface area is 116 Å². The second-order valence-electron chi connectivity index (χ2n) is 5.51. The third-order valence-corrected chi connectivity index (χ3v) is 3.98. The van der Waals surface area contributed by atoms with E-state index in [-0.39, 0.29) is 18.2 Å². The van der Waals surface area contributed by atoms with E-state index in [0.717, 1.165) is 38.8 Å². The molecule has 0 saturated carbocycles. The van der Waals surface area contributed by atoms with Crippen LogP contribution in [0.3, 0.4) is 0 Å². The third kappa shape index (κ3) is 4.03. The minimum atomic E-state index is -0.173. The van der Waals surface area contributed by atoms with Crippen molar-refractivity contribution >= 4 is 0 Å². The minimum absolute atomic E-state index is 0.173. The lowest BCUT2D eigenvalue weighted by Gasteiger charge is -2.40. The second kappa shape index (κ2) is 7.04. The molecule has 1 aromatic rings. The Morgan fingerprint density at radius 2 is 2.16 bits per heavy atom. The highest BCUT2D eigenvalue weighted by Gasteiger charge is 2.35. The van der Waals surface area contributed by atoms with E-state index in [1.807, 2.05) is 18.2 Å². The molecule has 2 atom stereocenters. The molecule has 0 aliphatic carbocycles. The van der Waals surface area contributed by atoms with Gasteiger partial charge in [-0.05, 0) is 24.8 Å². The van der Waals surface area contributed by atoms with E-state index in [2.05, 4.69) is 24.4 Å². The minimum Gasteiger partial charge on any atom is -0.394 e. The molecule has 1 aromatic carbocycles. The SMILES string of the molecule is CCCC1CC(CO)(NCc2ccccc2)CCO1. The van der Waals surface area contributed by atoms with Gasteiger partial charge in [-0.1, -0.05) is 43.7 Å². The van der Waals surface area contributed by atoms with Gasteiger partial charge in [-0.2, -0.15) is 0 Å². The smallest absolute Gasteiger partial charge is 0.0615 e. The lowest BCUT2D eigenvalue weighted by molar-refractivity contribution is -0.0487. The van der Waals surface area contributed by atoms with Crippen LogP contribution in [0.15, 0.2) is 30.3 Å². The van der Waals surface area contributed by atoms with Gasteiger partial charge in [0, 0.05) is 18.7 Å². The highest BCUT2D eigenvalue weighted by atomic mass is 16.5. The first-order valence-electron chi connectivity index (χ1n) is 7.29. The molecule has 1 aliphatic rings. The number of hydrogen-bond acceptors (Lipinski definition) is 3. The van der Waals surface area contributed by atoms with Crippen molar-refractivity contribution in [3.05, 3.63) is 35.9 Å². The molecule has 1 heterocycles.